The van der Waals surface area contributed by atoms with E-state index in [9.17, 15) is 14.4 Å². The number of amides is 1. The maximum Gasteiger partial charge on any atom is 0.237 e. The lowest BCUT2D eigenvalue weighted by atomic mass is 9.84. The summed E-state index contributed by atoms with van der Waals surface area (Å²) in [5.74, 6) is 0.457. The minimum atomic E-state index is -0.433. The molecule has 0 aliphatic heterocycles. The van der Waals surface area contributed by atoms with Crippen LogP contribution in [0.25, 0.3) is 0 Å². The van der Waals surface area contributed by atoms with Crippen LogP contribution >= 0.6 is 11.8 Å². The summed E-state index contributed by atoms with van der Waals surface area (Å²) in [5, 5.41) is 11.4. The summed E-state index contributed by atoms with van der Waals surface area (Å²) in [6.07, 6.45) is 0. The molecule has 1 aliphatic carbocycles. The number of nitrogens with zero attached hydrogens (tertiary/aromatic N) is 3. The van der Waals surface area contributed by atoms with Crippen molar-refractivity contribution in [3.63, 3.8) is 0 Å². The van der Waals surface area contributed by atoms with E-state index in [1.165, 1.54) is 11.8 Å². The highest BCUT2D eigenvalue weighted by atomic mass is 32.2. The highest BCUT2D eigenvalue weighted by Crippen LogP contribution is 2.30. The molecule has 1 unspecified atom stereocenters. The SMILES string of the molecule is CC(Sc1nnc(C(C)C)n1C)C(=O)Nc1ccc2c(c1)C(=O)c1ccccc1C2=O. The number of anilines is 1. The standard InChI is InChI=1S/C23H22N4O3S/c1-12(2)21-25-26-23(27(21)4)31-13(3)22(30)24-14-9-10-17-18(11-14)20(29)16-8-6-5-7-15(16)19(17)28/h5-13H,1-4H3,(H,24,30). The van der Waals surface area contributed by atoms with Gasteiger partial charge >= 0.3 is 0 Å². The Bertz CT molecular complexity index is 1220. The van der Waals surface area contributed by atoms with Gasteiger partial charge in [0.15, 0.2) is 16.7 Å². The van der Waals surface area contributed by atoms with Crippen LogP contribution in [0.5, 0.6) is 0 Å². The Hall–Kier alpha value is -3.26. The molecule has 1 aliphatic rings. The molecule has 8 heteroatoms. The Kier molecular flexibility index (Phi) is 5.49. The van der Waals surface area contributed by atoms with Gasteiger partial charge < -0.3 is 9.88 Å². The van der Waals surface area contributed by atoms with Gasteiger partial charge in [-0.2, -0.15) is 0 Å². The first-order valence-electron chi connectivity index (χ1n) is 9.97. The van der Waals surface area contributed by atoms with Crippen molar-refractivity contribution in [3.05, 3.63) is 70.5 Å². The molecule has 0 radical (unpaired) electrons. The molecule has 0 bridgehead atoms. The molecular weight excluding hydrogens is 412 g/mol. The summed E-state index contributed by atoms with van der Waals surface area (Å²) < 4.78 is 1.89. The number of carbonyl (C=O) groups is 3. The maximum absolute atomic E-state index is 12.9. The molecule has 2 aromatic carbocycles. The van der Waals surface area contributed by atoms with Gasteiger partial charge in [-0.3, -0.25) is 14.4 Å². The Morgan fingerprint density at radius 3 is 2.16 bits per heavy atom. The van der Waals surface area contributed by atoms with Gasteiger partial charge in [-0.25, -0.2) is 0 Å². The molecule has 0 spiro atoms. The first-order valence-corrected chi connectivity index (χ1v) is 10.8. The van der Waals surface area contributed by atoms with E-state index in [-0.39, 0.29) is 23.4 Å². The summed E-state index contributed by atoms with van der Waals surface area (Å²) in [6.45, 7) is 5.86. The van der Waals surface area contributed by atoms with E-state index in [1.807, 2.05) is 25.5 Å². The first kappa shape index (κ1) is 21.0. The Labute approximate surface area is 184 Å². The second kappa shape index (κ2) is 8.11. The normalized spacial score (nSPS) is 13.7. The van der Waals surface area contributed by atoms with Crippen LogP contribution in [0.15, 0.2) is 47.6 Å². The van der Waals surface area contributed by atoms with Gasteiger partial charge in [0.1, 0.15) is 5.82 Å². The summed E-state index contributed by atoms with van der Waals surface area (Å²) in [5.41, 5.74) is 1.92. The van der Waals surface area contributed by atoms with Gasteiger partial charge in [0, 0.05) is 40.9 Å². The molecule has 0 saturated heterocycles. The smallest absolute Gasteiger partial charge is 0.237 e. The van der Waals surface area contributed by atoms with Crippen LogP contribution in [0, 0.1) is 0 Å². The Morgan fingerprint density at radius 2 is 1.55 bits per heavy atom. The van der Waals surface area contributed by atoms with Gasteiger partial charge in [0.25, 0.3) is 0 Å². The lowest BCUT2D eigenvalue weighted by Crippen LogP contribution is -2.24. The van der Waals surface area contributed by atoms with Crippen LogP contribution in [-0.2, 0) is 11.8 Å². The molecule has 1 aromatic heterocycles. The molecule has 31 heavy (non-hydrogen) atoms. The van der Waals surface area contributed by atoms with Crippen LogP contribution in [-0.4, -0.2) is 37.5 Å². The summed E-state index contributed by atoms with van der Waals surface area (Å²) in [6, 6.07) is 11.6. The Balaban J connectivity index is 1.52. The predicted octanol–water partition coefficient (Wildman–Crippen LogP) is 3.83. The van der Waals surface area contributed by atoms with Crippen LogP contribution in [0.1, 0.15) is 64.4 Å². The van der Waals surface area contributed by atoms with Crippen LogP contribution < -0.4 is 5.32 Å². The van der Waals surface area contributed by atoms with E-state index in [0.717, 1.165) is 5.82 Å². The third kappa shape index (κ3) is 3.79. The molecule has 1 heterocycles. The van der Waals surface area contributed by atoms with Crippen molar-refractivity contribution in [2.24, 2.45) is 7.05 Å². The molecule has 0 saturated carbocycles. The number of ketones is 2. The topological polar surface area (TPSA) is 93.9 Å². The van der Waals surface area contributed by atoms with Gasteiger partial charge in [-0.05, 0) is 25.1 Å². The molecule has 0 fully saturated rings. The number of carbonyl (C=O) groups excluding carboxylic acids is 3. The highest BCUT2D eigenvalue weighted by Gasteiger charge is 2.29. The molecular formula is C23H22N4O3S. The van der Waals surface area contributed by atoms with Crippen molar-refractivity contribution >= 4 is 34.9 Å². The molecule has 158 valence electrons. The fourth-order valence-electron chi connectivity index (χ4n) is 3.56. The van der Waals surface area contributed by atoms with Crippen LogP contribution in [0.3, 0.4) is 0 Å². The van der Waals surface area contributed by atoms with Crippen molar-refractivity contribution in [1.29, 1.82) is 0 Å². The third-order valence-corrected chi connectivity index (χ3v) is 6.36. The molecule has 4 rings (SSSR count). The highest BCUT2D eigenvalue weighted by molar-refractivity contribution is 8.00. The zero-order valence-corrected chi connectivity index (χ0v) is 18.5. The molecule has 7 nitrogen and oxygen atoms in total. The lowest BCUT2D eigenvalue weighted by Gasteiger charge is -2.18. The van der Waals surface area contributed by atoms with Gasteiger partial charge in [0.05, 0.1) is 5.25 Å². The second-order valence-corrected chi connectivity index (χ2v) is 9.08. The molecule has 1 amide bonds. The van der Waals surface area contributed by atoms with Gasteiger partial charge in [-0.15, -0.1) is 10.2 Å². The summed E-state index contributed by atoms with van der Waals surface area (Å²) in [4.78, 5) is 38.3. The number of rotatable bonds is 5. The number of nitrogens with one attached hydrogen (secondary N) is 1. The fourth-order valence-corrected chi connectivity index (χ4v) is 4.39. The van der Waals surface area contributed by atoms with Crippen molar-refractivity contribution in [2.45, 2.75) is 37.1 Å². The van der Waals surface area contributed by atoms with Crippen molar-refractivity contribution in [1.82, 2.24) is 14.8 Å². The van der Waals surface area contributed by atoms with Crippen molar-refractivity contribution in [2.75, 3.05) is 5.32 Å². The number of thioether (sulfide) groups is 1. The van der Waals surface area contributed by atoms with E-state index < -0.39 is 5.25 Å². The minimum absolute atomic E-state index is 0.185. The fraction of sp³-hybridized carbons (Fsp3) is 0.261. The minimum Gasteiger partial charge on any atom is -0.325 e. The third-order valence-electron chi connectivity index (χ3n) is 5.23. The van der Waals surface area contributed by atoms with E-state index in [2.05, 4.69) is 15.5 Å². The second-order valence-electron chi connectivity index (χ2n) is 7.77. The average Bonchev–Trinajstić information content (AvgIpc) is 3.12. The zero-order chi connectivity index (χ0) is 22.3. The number of benzene rings is 2. The van der Waals surface area contributed by atoms with E-state index in [4.69, 9.17) is 0 Å². The largest absolute Gasteiger partial charge is 0.325 e. The zero-order valence-electron chi connectivity index (χ0n) is 17.7. The summed E-state index contributed by atoms with van der Waals surface area (Å²) >= 11 is 1.31. The number of hydrogen-bond donors (Lipinski definition) is 1. The number of hydrogen-bond acceptors (Lipinski definition) is 6. The average molecular weight is 435 g/mol. The number of aromatic nitrogens is 3. The summed E-state index contributed by atoms with van der Waals surface area (Å²) in [7, 11) is 1.88. The monoisotopic (exact) mass is 434 g/mol. The predicted molar refractivity (Wildman–Crippen MR) is 119 cm³/mol. The van der Waals surface area contributed by atoms with Crippen LogP contribution in [0.4, 0.5) is 5.69 Å². The molecule has 1 N–H and O–H groups in total. The van der Waals surface area contributed by atoms with E-state index >= 15 is 0 Å². The van der Waals surface area contributed by atoms with Gasteiger partial charge in [-0.1, -0.05) is 49.9 Å². The lowest BCUT2D eigenvalue weighted by molar-refractivity contribution is -0.115. The first-order chi connectivity index (χ1) is 14.8. The van der Waals surface area contributed by atoms with E-state index in [0.29, 0.717) is 33.1 Å². The number of fused-ring (bicyclic) bond motifs is 2. The van der Waals surface area contributed by atoms with Crippen LogP contribution in [0.2, 0.25) is 0 Å². The van der Waals surface area contributed by atoms with E-state index in [1.54, 1.807) is 49.4 Å². The quantitative estimate of drug-likeness (QED) is 0.480. The van der Waals surface area contributed by atoms with Crippen molar-refractivity contribution in [3.8, 4) is 0 Å². The molecule has 1 atom stereocenters. The van der Waals surface area contributed by atoms with Gasteiger partial charge in [0.2, 0.25) is 5.91 Å². The Morgan fingerprint density at radius 1 is 0.935 bits per heavy atom. The van der Waals surface area contributed by atoms with Crippen molar-refractivity contribution < 1.29 is 14.4 Å². The maximum atomic E-state index is 12.9. The molecule has 3 aromatic rings.